The lowest BCUT2D eigenvalue weighted by molar-refractivity contribution is 0.428. The highest BCUT2D eigenvalue weighted by atomic mass is 32.2. The Morgan fingerprint density at radius 1 is 1.29 bits per heavy atom. The zero-order chi connectivity index (χ0) is 15.5. The summed E-state index contributed by atoms with van der Waals surface area (Å²) in [5.74, 6) is -0.164. The van der Waals surface area contributed by atoms with Crippen LogP contribution in [-0.2, 0) is 16.6 Å². The van der Waals surface area contributed by atoms with Crippen LogP contribution in [-0.4, -0.2) is 44.4 Å². The van der Waals surface area contributed by atoms with Crippen molar-refractivity contribution in [2.75, 3.05) is 31.6 Å². The van der Waals surface area contributed by atoms with E-state index in [-0.39, 0.29) is 12.1 Å². The molecule has 4 nitrogen and oxygen atoms in total. The third-order valence-corrected chi connectivity index (χ3v) is 6.27. The minimum Gasteiger partial charge on any atom is -0.315 e. The molecule has 1 aliphatic heterocycles. The molecule has 1 fully saturated rings. The summed E-state index contributed by atoms with van der Waals surface area (Å²) in [6.45, 7) is 0.662. The zero-order valence-electron chi connectivity index (χ0n) is 11.7. The number of hydrogen-bond donors (Lipinski definition) is 1. The van der Waals surface area contributed by atoms with Gasteiger partial charge in [-0.3, -0.25) is 0 Å². The van der Waals surface area contributed by atoms with Crippen LogP contribution in [0.15, 0.2) is 17.0 Å². The number of nitrogens with zero attached hydrogens (tertiary/aromatic N) is 1. The second kappa shape index (κ2) is 7.04. The molecule has 8 heteroatoms. The van der Waals surface area contributed by atoms with Crippen LogP contribution in [0.2, 0.25) is 0 Å². The molecule has 0 amide bonds. The standard InChI is InChI=1S/C13H18F2N2O2S2/c1-16-9-10-11(14)3-4-12(13(10)15)21(18,19)17-5-2-7-20-8-6-17/h3-4,16H,2,5-9H2,1H3. The Morgan fingerprint density at radius 3 is 2.76 bits per heavy atom. The van der Waals surface area contributed by atoms with Gasteiger partial charge in [-0.2, -0.15) is 16.1 Å². The number of sulfonamides is 1. The summed E-state index contributed by atoms with van der Waals surface area (Å²) in [7, 11) is -2.38. The van der Waals surface area contributed by atoms with Crippen LogP contribution in [0.5, 0.6) is 0 Å². The normalized spacial score (nSPS) is 17.7. The van der Waals surface area contributed by atoms with Gasteiger partial charge in [0, 0.05) is 31.0 Å². The van der Waals surface area contributed by atoms with Crippen LogP contribution in [0.3, 0.4) is 0 Å². The molecule has 0 spiro atoms. The predicted molar refractivity (Wildman–Crippen MR) is 79.8 cm³/mol. The summed E-state index contributed by atoms with van der Waals surface area (Å²) in [5, 5.41) is 2.64. The molecule has 0 unspecified atom stereocenters. The summed E-state index contributed by atoms with van der Waals surface area (Å²) < 4.78 is 54.4. The molecule has 0 atom stereocenters. The maximum absolute atomic E-state index is 14.4. The minimum absolute atomic E-state index is 0.0587. The molecule has 1 N–H and O–H groups in total. The van der Waals surface area contributed by atoms with Gasteiger partial charge in [-0.25, -0.2) is 17.2 Å². The SMILES string of the molecule is CNCc1c(F)ccc(S(=O)(=O)N2CCCSCC2)c1F. The number of rotatable bonds is 4. The molecule has 0 radical (unpaired) electrons. The number of nitrogens with one attached hydrogen (secondary N) is 1. The molecular formula is C13H18F2N2O2S2. The average molecular weight is 336 g/mol. The van der Waals surface area contributed by atoms with Gasteiger partial charge in [0.05, 0.1) is 0 Å². The van der Waals surface area contributed by atoms with E-state index in [4.69, 9.17) is 0 Å². The maximum atomic E-state index is 14.4. The summed E-state index contributed by atoms with van der Waals surface area (Å²) in [6, 6.07) is 2.02. The Labute approximate surface area is 128 Å². The Bertz CT molecular complexity index is 600. The molecule has 1 aromatic carbocycles. The van der Waals surface area contributed by atoms with Crippen LogP contribution in [0.4, 0.5) is 8.78 Å². The van der Waals surface area contributed by atoms with Gasteiger partial charge in [-0.05, 0) is 31.4 Å². The quantitative estimate of drug-likeness (QED) is 0.911. The molecule has 0 bridgehead atoms. The molecule has 0 aliphatic carbocycles. The van der Waals surface area contributed by atoms with Gasteiger partial charge >= 0.3 is 0 Å². The number of hydrogen-bond acceptors (Lipinski definition) is 4. The van der Waals surface area contributed by atoms with Crippen molar-refractivity contribution in [2.45, 2.75) is 17.9 Å². The summed E-state index contributed by atoms with van der Waals surface area (Å²) in [5.41, 5.74) is -0.247. The molecule has 2 rings (SSSR count). The fourth-order valence-corrected chi connectivity index (χ4v) is 4.79. The topological polar surface area (TPSA) is 49.4 Å². The van der Waals surface area contributed by atoms with E-state index in [2.05, 4.69) is 5.32 Å². The van der Waals surface area contributed by atoms with E-state index < -0.39 is 26.6 Å². The van der Waals surface area contributed by atoms with E-state index in [9.17, 15) is 17.2 Å². The molecule has 1 aliphatic rings. The van der Waals surface area contributed by atoms with Crippen molar-refractivity contribution in [3.05, 3.63) is 29.3 Å². The third kappa shape index (κ3) is 3.56. The lowest BCUT2D eigenvalue weighted by atomic mass is 10.2. The molecule has 1 aromatic rings. The molecule has 1 heterocycles. The first-order chi connectivity index (χ1) is 9.98. The van der Waals surface area contributed by atoms with E-state index >= 15 is 0 Å². The largest absolute Gasteiger partial charge is 0.315 e. The van der Waals surface area contributed by atoms with Crippen LogP contribution < -0.4 is 5.32 Å². The molecule has 1 saturated heterocycles. The Hall–Kier alpha value is -0.700. The lowest BCUT2D eigenvalue weighted by Crippen LogP contribution is -2.33. The first kappa shape index (κ1) is 16.7. The van der Waals surface area contributed by atoms with Crippen molar-refractivity contribution in [2.24, 2.45) is 0 Å². The van der Waals surface area contributed by atoms with Crippen LogP contribution in [0.25, 0.3) is 0 Å². The van der Waals surface area contributed by atoms with Gasteiger partial charge < -0.3 is 5.32 Å². The van der Waals surface area contributed by atoms with E-state index in [1.54, 1.807) is 18.8 Å². The van der Waals surface area contributed by atoms with Gasteiger partial charge in [0.25, 0.3) is 0 Å². The molecule has 0 saturated carbocycles. The fraction of sp³-hybridized carbons (Fsp3) is 0.538. The Kier molecular flexibility index (Phi) is 5.59. The van der Waals surface area contributed by atoms with Crippen LogP contribution in [0.1, 0.15) is 12.0 Å². The van der Waals surface area contributed by atoms with Crippen molar-refractivity contribution in [1.29, 1.82) is 0 Å². The highest BCUT2D eigenvalue weighted by molar-refractivity contribution is 7.99. The second-order valence-corrected chi connectivity index (χ2v) is 7.87. The summed E-state index contributed by atoms with van der Waals surface area (Å²) >= 11 is 1.68. The maximum Gasteiger partial charge on any atom is 0.246 e. The number of benzene rings is 1. The number of thioether (sulfide) groups is 1. The van der Waals surface area contributed by atoms with Crippen LogP contribution >= 0.6 is 11.8 Å². The van der Waals surface area contributed by atoms with E-state index in [0.29, 0.717) is 18.8 Å². The average Bonchev–Trinajstić information content (AvgIpc) is 2.72. The first-order valence-corrected chi connectivity index (χ1v) is 9.27. The highest BCUT2D eigenvalue weighted by Gasteiger charge is 2.30. The van der Waals surface area contributed by atoms with E-state index in [1.165, 1.54) is 4.31 Å². The van der Waals surface area contributed by atoms with Crippen molar-refractivity contribution in [3.8, 4) is 0 Å². The van der Waals surface area contributed by atoms with E-state index in [1.807, 2.05) is 0 Å². The Morgan fingerprint density at radius 2 is 2.05 bits per heavy atom. The molecule has 21 heavy (non-hydrogen) atoms. The first-order valence-electron chi connectivity index (χ1n) is 6.68. The molecular weight excluding hydrogens is 318 g/mol. The number of halogens is 2. The summed E-state index contributed by atoms with van der Waals surface area (Å²) in [6.07, 6.45) is 0.732. The summed E-state index contributed by atoms with van der Waals surface area (Å²) in [4.78, 5) is -0.443. The lowest BCUT2D eigenvalue weighted by Gasteiger charge is -2.20. The molecule has 0 aromatic heterocycles. The highest BCUT2D eigenvalue weighted by Crippen LogP contribution is 2.25. The van der Waals surface area contributed by atoms with Crippen molar-refractivity contribution in [3.63, 3.8) is 0 Å². The fourth-order valence-electron chi connectivity index (χ4n) is 2.22. The van der Waals surface area contributed by atoms with Crippen molar-refractivity contribution in [1.82, 2.24) is 9.62 Å². The van der Waals surface area contributed by atoms with Gasteiger partial charge in [0.15, 0.2) is 5.82 Å². The Balaban J connectivity index is 2.42. The van der Waals surface area contributed by atoms with Crippen LogP contribution in [0, 0.1) is 11.6 Å². The monoisotopic (exact) mass is 336 g/mol. The molecule has 118 valence electrons. The van der Waals surface area contributed by atoms with Crippen molar-refractivity contribution < 1.29 is 17.2 Å². The minimum atomic E-state index is -3.92. The van der Waals surface area contributed by atoms with Gasteiger partial charge in [-0.15, -0.1) is 0 Å². The van der Waals surface area contributed by atoms with Gasteiger partial charge in [0.1, 0.15) is 10.7 Å². The third-order valence-electron chi connectivity index (χ3n) is 3.30. The zero-order valence-corrected chi connectivity index (χ0v) is 13.4. The van der Waals surface area contributed by atoms with Gasteiger partial charge in [-0.1, -0.05) is 0 Å². The predicted octanol–water partition coefficient (Wildman–Crippen LogP) is 1.81. The second-order valence-electron chi connectivity index (χ2n) is 4.74. The van der Waals surface area contributed by atoms with Crippen molar-refractivity contribution >= 4 is 21.8 Å². The smallest absolute Gasteiger partial charge is 0.246 e. The van der Waals surface area contributed by atoms with E-state index in [0.717, 1.165) is 24.3 Å². The van der Waals surface area contributed by atoms with Gasteiger partial charge in [0.2, 0.25) is 10.0 Å².